The molecular formula is C18H24O. The molecule has 1 aromatic rings. The van der Waals surface area contributed by atoms with Crippen molar-refractivity contribution in [3.8, 4) is 5.75 Å². The summed E-state index contributed by atoms with van der Waals surface area (Å²) in [5.74, 6) is 3.97. The molecule has 5 rings (SSSR count). The van der Waals surface area contributed by atoms with Crippen LogP contribution in [0.15, 0.2) is 24.3 Å². The summed E-state index contributed by atoms with van der Waals surface area (Å²) in [5, 5.41) is 0. The first-order chi connectivity index (χ1) is 9.25. The minimum Gasteiger partial charge on any atom is -0.487 e. The lowest BCUT2D eigenvalue weighted by Crippen LogP contribution is -2.53. The summed E-state index contributed by atoms with van der Waals surface area (Å²) < 4.78 is 6.51. The molecule has 0 saturated heterocycles. The molecule has 102 valence electrons. The lowest BCUT2D eigenvalue weighted by atomic mass is 9.54. The summed E-state index contributed by atoms with van der Waals surface area (Å²) in [7, 11) is 0. The summed E-state index contributed by atoms with van der Waals surface area (Å²) in [6, 6.07) is 8.79. The first kappa shape index (κ1) is 11.8. The average Bonchev–Trinajstić information content (AvgIpc) is 2.37. The van der Waals surface area contributed by atoms with Crippen LogP contribution in [0.25, 0.3) is 0 Å². The minimum atomic E-state index is 0.197. The molecule has 0 amide bonds. The fourth-order valence-corrected chi connectivity index (χ4v) is 5.20. The van der Waals surface area contributed by atoms with Crippen molar-refractivity contribution in [1.82, 2.24) is 0 Å². The maximum absolute atomic E-state index is 6.51. The highest BCUT2D eigenvalue weighted by Gasteiger charge is 2.52. The fraction of sp³-hybridized carbons (Fsp3) is 0.667. The van der Waals surface area contributed by atoms with Crippen LogP contribution < -0.4 is 4.74 Å². The topological polar surface area (TPSA) is 9.23 Å². The van der Waals surface area contributed by atoms with Gasteiger partial charge in [0.2, 0.25) is 0 Å². The number of rotatable bonds is 3. The molecule has 1 heteroatoms. The summed E-state index contributed by atoms with van der Waals surface area (Å²) in [5.41, 5.74) is 1.60. The largest absolute Gasteiger partial charge is 0.487 e. The smallest absolute Gasteiger partial charge is 0.120 e. The van der Waals surface area contributed by atoms with Gasteiger partial charge >= 0.3 is 0 Å². The standard InChI is InChI=1S/C18H24O/c1-2-13-3-5-17(6-4-13)19-18-10-14-7-15(11-18)9-16(8-14)12-18/h3-6,14-16H,2,7-12H2,1H3. The second kappa shape index (κ2) is 4.26. The van der Waals surface area contributed by atoms with Crippen LogP contribution in [-0.2, 0) is 6.42 Å². The van der Waals surface area contributed by atoms with Crippen molar-refractivity contribution in [1.29, 1.82) is 0 Å². The predicted molar refractivity (Wildman–Crippen MR) is 77.4 cm³/mol. The third kappa shape index (κ3) is 2.07. The van der Waals surface area contributed by atoms with Crippen molar-refractivity contribution in [2.24, 2.45) is 17.8 Å². The Kier molecular flexibility index (Phi) is 2.65. The normalized spacial score (nSPS) is 39.5. The van der Waals surface area contributed by atoms with E-state index in [9.17, 15) is 0 Å². The maximum Gasteiger partial charge on any atom is 0.120 e. The van der Waals surface area contributed by atoms with Crippen LogP contribution in [0.2, 0.25) is 0 Å². The monoisotopic (exact) mass is 256 g/mol. The second-order valence-corrected chi connectivity index (χ2v) is 7.20. The molecule has 19 heavy (non-hydrogen) atoms. The molecule has 0 heterocycles. The van der Waals surface area contributed by atoms with E-state index in [0.29, 0.717) is 0 Å². The molecule has 4 saturated carbocycles. The molecule has 4 bridgehead atoms. The second-order valence-electron chi connectivity index (χ2n) is 7.20. The number of ether oxygens (including phenoxy) is 1. The quantitative estimate of drug-likeness (QED) is 0.768. The zero-order valence-electron chi connectivity index (χ0n) is 11.9. The van der Waals surface area contributed by atoms with E-state index in [1.54, 1.807) is 0 Å². The number of hydrogen-bond donors (Lipinski definition) is 0. The lowest BCUT2D eigenvalue weighted by Gasteiger charge is -2.56. The van der Waals surface area contributed by atoms with Gasteiger partial charge < -0.3 is 4.74 Å². The molecule has 1 nitrogen and oxygen atoms in total. The van der Waals surface area contributed by atoms with Crippen LogP contribution in [0.1, 0.15) is 51.0 Å². The van der Waals surface area contributed by atoms with Crippen molar-refractivity contribution < 1.29 is 4.74 Å². The molecule has 1 aromatic carbocycles. The summed E-state index contributed by atoms with van der Waals surface area (Å²) >= 11 is 0. The van der Waals surface area contributed by atoms with E-state index in [0.717, 1.165) is 29.9 Å². The van der Waals surface area contributed by atoms with Crippen LogP contribution in [0.5, 0.6) is 5.75 Å². The van der Waals surface area contributed by atoms with Crippen LogP contribution in [0, 0.1) is 17.8 Å². The van der Waals surface area contributed by atoms with Crippen molar-refractivity contribution >= 4 is 0 Å². The Labute approximate surface area is 116 Å². The number of aryl methyl sites for hydroxylation is 1. The van der Waals surface area contributed by atoms with E-state index in [1.807, 2.05) is 0 Å². The molecule has 0 spiro atoms. The molecule has 0 N–H and O–H groups in total. The van der Waals surface area contributed by atoms with E-state index in [-0.39, 0.29) is 5.60 Å². The number of benzene rings is 1. The Balaban J connectivity index is 1.55. The van der Waals surface area contributed by atoms with Gasteiger partial charge in [-0.25, -0.2) is 0 Å². The fourth-order valence-electron chi connectivity index (χ4n) is 5.20. The van der Waals surface area contributed by atoms with Crippen LogP contribution >= 0.6 is 0 Å². The van der Waals surface area contributed by atoms with E-state index in [2.05, 4.69) is 31.2 Å². The van der Waals surface area contributed by atoms with Gasteiger partial charge in [0.05, 0.1) is 0 Å². The van der Waals surface area contributed by atoms with Gasteiger partial charge in [-0.2, -0.15) is 0 Å². The predicted octanol–water partition coefficient (Wildman–Crippen LogP) is 4.60. The molecule has 4 fully saturated rings. The van der Waals surface area contributed by atoms with Gasteiger partial charge in [-0.15, -0.1) is 0 Å². The first-order valence-corrected chi connectivity index (χ1v) is 8.03. The van der Waals surface area contributed by atoms with Gasteiger partial charge in [0.25, 0.3) is 0 Å². The Morgan fingerprint density at radius 1 is 0.947 bits per heavy atom. The van der Waals surface area contributed by atoms with Gasteiger partial charge in [0.15, 0.2) is 0 Å². The summed E-state index contributed by atoms with van der Waals surface area (Å²) in [6.45, 7) is 2.20. The third-order valence-corrected chi connectivity index (χ3v) is 5.65. The summed E-state index contributed by atoms with van der Waals surface area (Å²) in [4.78, 5) is 0. The molecule has 0 aliphatic heterocycles. The molecule has 0 radical (unpaired) electrons. The molecule has 0 unspecified atom stereocenters. The average molecular weight is 256 g/mol. The van der Waals surface area contributed by atoms with Crippen molar-refractivity contribution in [2.75, 3.05) is 0 Å². The highest BCUT2D eigenvalue weighted by Crippen LogP contribution is 2.56. The molecule has 0 aromatic heterocycles. The minimum absolute atomic E-state index is 0.197. The SMILES string of the molecule is CCc1ccc(OC23CC4CC(CC(C4)C2)C3)cc1. The van der Waals surface area contributed by atoms with Crippen LogP contribution in [0.3, 0.4) is 0 Å². The van der Waals surface area contributed by atoms with Gasteiger partial charge in [-0.05, 0) is 80.4 Å². The third-order valence-electron chi connectivity index (χ3n) is 5.65. The van der Waals surface area contributed by atoms with Gasteiger partial charge in [0.1, 0.15) is 11.4 Å². The van der Waals surface area contributed by atoms with Crippen LogP contribution in [0.4, 0.5) is 0 Å². The van der Waals surface area contributed by atoms with E-state index in [4.69, 9.17) is 4.74 Å². The Hall–Kier alpha value is -0.980. The zero-order valence-corrected chi connectivity index (χ0v) is 11.9. The van der Waals surface area contributed by atoms with Crippen molar-refractivity contribution in [3.05, 3.63) is 29.8 Å². The van der Waals surface area contributed by atoms with E-state index >= 15 is 0 Å². The van der Waals surface area contributed by atoms with E-state index in [1.165, 1.54) is 44.1 Å². The molecular weight excluding hydrogens is 232 g/mol. The Morgan fingerprint density at radius 2 is 1.47 bits per heavy atom. The molecule has 0 atom stereocenters. The maximum atomic E-state index is 6.51. The van der Waals surface area contributed by atoms with Gasteiger partial charge in [0, 0.05) is 0 Å². The van der Waals surface area contributed by atoms with Gasteiger partial charge in [-0.1, -0.05) is 19.1 Å². The van der Waals surface area contributed by atoms with Crippen molar-refractivity contribution in [2.45, 2.75) is 57.5 Å². The van der Waals surface area contributed by atoms with Crippen LogP contribution in [-0.4, -0.2) is 5.60 Å². The molecule has 4 aliphatic carbocycles. The zero-order chi connectivity index (χ0) is 12.9. The Bertz CT molecular complexity index is 424. The van der Waals surface area contributed by atoms with E-state index < -0.39 is 0 Å². The highest BCUT2D eigenvalue weighted by atomic mass is 16.5. The Morgan fingerprint density at radius 3 is 1.95 bits per heavy atom. The lowest BCUT2D eigenvalue weighted by molar-refractivity contribution is -0.107. The number of hydrogen-bond acceptors (Lipinski definition) is 1. The van der Waals surface area contributed by atoms with Crippen molar-refractivity contribution in [3.63, 3.8) is 0 Å². The van der Waals surface area contributed by atoms with Gasteiger partial charge in [-0.3, -0.25) is 0 Å². The molecule has 4 aliphatic rings. The first-order valence-electron chi connectivity index (χ1n) is 8.03. The summed E-state index contributed by atoms with van der Waals surface area (Å²) in [6.07, 6.45) is 9.50. The highest BCUT2D eigenvalue weighted by molar-refractivity contribution is 5.28.